The summed E-state index contributed by atoms with van der Waals surface area (Å²) in [5.41, 5.74) is 5.03. The predicted molar refractivity (Wildman–Crippen MR) is 91.6 cm³/mol. The van der Waals surface area contributed by atoms with Crippen molar-refractivity contribution in [2.45, 2.75) is 32.7 Å². The Morgan fingerprint density at radius 3 is 3.09 bits per heavy atom. The summed E-state index contributed by atoms with van der Waals surface area (Å²) in [6.45, 7) is 7.55. The van der Waals surface area contributed by atoms with Crippen molar-refractivity contribution in [2.24, 2.45) is 0 Å². The van der Waals surface area contributed by atoms with Crippen LogP contribution in [0.3, 0.4) is 0 Å². The first-order valence-corrected chi connectivity index (χ1v) is 8.08. The number of benzene rings is 1. The van der Waals surface area contributed by atoms with Crippen molar-refractivity contribution in [3.63, 3.8) is 0 Å². The summed E-state index contributed by atoms with van der Waals surface area (Å²) in [4.78, 5) is 9.35. The van der Waals surface area contributed by atoms with Gasteiger partial charge in [0.05, 0.1) is 5.69 Å². The molecule has 1 aliphatic heterocycles. The van der Waals surface area contributed by atoms with E-state index in [1.54, 1.807) is 6.08 Å². The highest BCUT2D eigenvalue weighted by atomic mass is 16.4. The smallest absolute Gasteiger partial charge is 0.295 e. The molecule has 1 aromatic carbocycles. The van der Waals surface area contributed by atoms with Gasteiger partial charge in [0.2, 0.25) is 0 Å². The fourth-order valence-corrected chi connectivity index (χ4v) is 3.22. The Morgan fingerprint density at radius 1 is 1.35 bits per heavy atom. The highest BCUT2D eigenvalue weighted by Crippen LogP contribution is 2.30. The first-order chi connectivity index (χ1) is 11.3. The van der Waals surface area contributed by atoms with Crippen LogP contribution in [-0.4, -0.2) is 21.1 Å². The summed E-state index contributed by atoms with van der Waals surface area (Å²) >= 11 is 0. The summed E-state index contributed by atoms with van der Waals surface area (Å²) < 4.78 is 8.03. The van der Waals surface area contributed by atoms with Crippen molar-refractivity contribution in [3.8, 4) is 11.3 Å². The fraction of sp³-hybridized carbons (Fsp3) is 0.333. The molecule has 0 spiro atoms. The van der Waals surface area contributed by atoms with Crippen molar-refractivity contribution < 1.29 is 4.42 Å². The van der Waals surface area contributed by atoms with E-state index < -0.39 is 0 Å². The highest BCUT2D eigenvalue weighted by Gasteiger charge is 2.18. The molecule has 0 amide bonds. The molecule has 118 valence electrons. The third kappa shape index (κ3) is 2.42. The second-order valence-electron chi connectivity index (χ2n) is 5.94. The van der Waals surface area contributed by atoms with Gasteiger partial charge < -0.3 is 14.3 Å². The number of aromatic nitrogens is 3. The second-order valence-corrected chi connectivity index (χ2v) is 5.94. The van der Waals surface area contributed by atoms with Gasteiger partial charge in [-0.25, -0.2) is 4.98 Å². The minimum atomic E-state index is 0.526. The molecule has 0 bridgehead atoms. The summed E-state index contributed by atoms with van der Waals surface area (Å²) in [5.74, 6) is 1.21. The molecule has 3 heterocycles. The molecule has 0 atom stereocenters. The standard InChI is InChI=1S/C18H20N4O/c1-3-9-19-18-20-14-11-13(7-8-15(14)23-18)17-12(2)22-10-5-4-6-16(22)21-17/h3,7-8,11H,1,4-6,9-10H2,2H3,(H,19,20). The zero-order valence-corrected chi connectivity index (χ0v) is 13.3. The Hall–Kier alpha value is -2.56. The van der Waals surface area contributed by atoms with Crippen molar-refractivity contribution in [2.75, 3.05) is 11.9 Å². The average molecular weight is 308 g/mol. The van der Waals surface area contributed by atoms with Crippen LogP contribution in [0.5, 0.6) is 0 Å². The largest absolute Gasteiger partial charge is 0.424 e. The Bertz CT molecular complexity index is 875. The van der Waals surface area contributed by atoms with Gasteiger partial charge in [-0.3, -0.25) is 0 Å². The summed E-state index contributed by atoms with van der Waals surface area (Å²) in [6, 6.07) is 6.61. The van der Waals surface area contributed by atoms with E-state index in [4.69, 9.17) is 9.40 Å². The minimum Gasteiger partial charge on any atom is -0.424 e. The van der Waals surface area contributed by atoms with Crippen LogP contribution in [0.25, 0.3) is 22.4 Å². The van der Waals surface area contributed by atoms with Crippen LogP contribution in [0.1, 0.15) is 24.4 Å². The number of nitrogens with zero attached hydrogens (tertiary/aromatic N) is 3. The molecular formula is C18H20N4O. The van der Waals surface area contributed by atoms with E-state index in [2.05, 4.69) is 40.5 Å². The minimum absolute atomic E-state index is 0.526. The van der Waals surface area contributed by atoms with Crippen LogP contribution < -0.4 is 5.32 Å². The molecule has 5 nitrogen and oxygen atoms in total. The zero-order chi connectivity index (χ0) is 15.8. The van der Waals surface area contributed by atoms with E-state index in [0.717, 1.165) is 35.3 Å². The molecule has 0 aliphatic carbocycles. The van der Waals surface area contributed by atoms with E-state index in [1.165, 1.54) is 24.4 Å². The van der Waals surface area contributed by atoms with E-state index >= 15 is 0 Å². The van der Waals surface area contributed by atoms with Gasteiger partial charge in [0.25, 0.3) is 6.01 Å². The van der Waals surface area contributed by atoms with E-state index in [9.17, 15) is 0 Å². The van der Waals surface area contributed by atoms with Crippen molar-refractivity contribution in [1.29, 1.82) is 0 Å². The lowest BCUT2D eigenvalue weighted by molar-refractivity contribution is 0.514. The third-order valence-corrected chi connectivity index (χ3v) is 4.39. The molecule has 0 fully saturated rings. The SMILES string of the molecule is C=CCNc1nc2cc(-c3nc4n(c3C)CCCC4)ccc2o1. The number of oxazole rings is 1. The quantitative estimate of drug-likeness (QED) is 0.742. The van der Waals surface area contributed by atoms with Crippen LogP contribution in [0, 0.1) is 6.92 Å². The Labute approximate surface area is 135 Å². The number of hydrogen-bond acceptors (Lipinski definition) is 4. The molecule has 23 heavy (non-hydrogen) atoms. The van der Waals surface area contributed by atoms with Crippen molar-refractivity contribution >= 4 is 17.1 Å². The molecule has 0 saturated heterocycles. The number of imidazole rings is 1. The van der Waals surface area contributed by atoms with Gasteiger partial charge >= 0.3 is 0 Å². The molecule has 1 N–H and O–H groups in total. The molecule has 5 heteroatoms. The molecule has 0 saturated carbocycles. The maximum Gasteiger partial charge on any atom is 0.295 e. The molecule has 2 aromatic heterocycles. The lowest BCUT2D eigenvalue weighted by Gasteiger charge is -2.14. The van der Waals surface area contributed by atoms with Gasteiger partial charge in [-0.15, -0.1) is 6.58 Å². The van der Waals surface area contributed by atoms with Crippen molar-refractivity contribution in [1.82, 2.24) is 14.5 Å². The van der Waals surface area contributed by atoms with Crippen LogP contribution in [0.4, 0.5) is 6.01 Å². The lowest BCUT2D eigenvalue weighted by atomic mass is 10.1. The third-order valence-electron chi connectivity index (χ3n) is 4.39. The zero-order valence-electron chi connectivity index (χ0n) is 13.3. The monoisotopic (exact) mass is 308 g/mol. The number of aryl methyl sites for hydroxylation is 1. The maximum absolute atomic E-state index is 5.68. The fourth-order valence-electron chi connectivity index (χ4n) is 3.22. The van der Waals surface area contributed by atoms with E-state index in [0.29, 0.717) is 12.6 Å². The molecule has 4 rings (SSSR count). The lowest BCUT2D eigenvalue weighted by Crippen LogP contribution is -2.11. The summed E-state index contributed by atoms with van der Waals surface area (Å²) in [5, 5.41) is 3.08. The Kier molecular flexibility index (Phi) is 3.41. The number of rotatable bonds is 4. The van der Waals surface area contributed by atoms with E-state index in [1.807, 2.05) is 6.07 Å². The topological polar surface area (TPSA) is 55.9 Å². The summed E-state index contributed by atoms with van der Waals surface area (Å²) in [7, 11) is 0. The Morgan fingerprint density at radius 2 is 2.26 bits per heavy atom. The molecular weight excluding hydrogens is 288 g/mol. The van der Waals surface area contributed by atoms with Gasteiger partial charge in [0.15, 0.2) is 5.58 Å². The first kappa shape index (κ1) is 14.1. The number of anilines is 1. The van der Waals surface area contributed by atoms with Gasteiger partial charge in [-0.1, -0.05) is 6.08 Å². The second kappa shape index (κ2) is 5.57. The molecule has 0 radical (unpaired) electrons. The Balaban J connectivity index is 1.74. The van der Waals surface area contributed by atoms with Crippen molar-refractivity contribution in [3.05, 3.63) is 42.4 Å². The first-order valence-electron chi connectivity index (χ1n) is 8.08. The normalized spacial score (nSPS) is 14.0. The van der Waals surface area contributed by atoms with Crippen LogP contribution >= 0.6 is 0 Å². The van der Waals surface area contributed by atoms with Crippen LogP contribution in [0.15, 0.2) is 35.3 Å². The number of fused-ring (bicyclic) bond motifs is 2. The van der Waals surface area contributed by atoms with Gasteiger partial charge in [-0.05, 0) is 38.0 Å². The average Bonchev–Trinajstić information content (AvgIpc) is 3.13. The van der Waals surface area contributed by atoms with Crippen LogP contribution in [-0.2, 0) is 13.0 Å². The molecule has 0 unspecified atom stereocenters. The van der Waals surface area contributed by atoms with E-state index in [-0.39, 0.29) is 0 Å². The number of nitrogens with one attached hydrogen (secondary N) is 1. The van der Waals surface area contributed by atoms with Gasteiger partial charge in [0.1, 0.15) is 11.3 Å². The molecule has 3 aromatic rings. The van der Waals surface area contributed by atoms with Gasteiger partial charge in [-0.2, -0.15) is 4.98 Å². The number of hydrogen-bond donors (Lipinski definition) is 1. The predicted octanol–water partition coefficient (Wildman–Crippen LogP) is 3.93. The van der Waals surface area contributed by atoms with Gasteiger partial charge in [0, 0.05) is 30.8 Å². The van der Waals surface area contributed by atoms with Crippen LogP contribution in [0.2, 0.25) is 0 Å². The molecule has 1 aliphatic rings. The maximum atomic E-state index is 5.68. The highest BCUT2D eigenvalue weighted by molar-refractivity contribution is 5.81. The summed E-state index contributed by atoms with van der Waals surface area (Å²) in [6.07, 6.45) is 5.32.